The highest BCUT2D eigenvalue weighted by atomic mass is 16.5. The molecule has 0 N–H and O–H groups in total. The molecule has 0 rings (SSSR count). The quantitative estimate of drug-likeness (QED) is 0.213. The van der Waals surface area contributed by atoms with E-state index in [2.05, 4.69) is 13.8 Å². The molecule has 6 nitrogen and oxygen atoms in total. The molecule has 0 aliphatic rings. The molecule has 0 fully saturated rings. The average molecular weight is 414 g/mol. The molecule has 170 valence electrons. The molecule has 0 saturated carbocycles. The number of Topliss-reactive ketones (excluding diaryl/α,β-unsaturated/α-hetero) is 1. The van der Waals surface area contributed by atoms with Crippen LogP contribution in [0.4, 0.5) is 0 Å². The summed E-state index contributed by atoms with van der Waals surface area (Å²) in [5.41, 5.74) is 0. The van der Waals surface area contributed by atoms with Crippen LogP contribution in [0.15, 0.2) is 0 Å². The van der Waals surface area contributed by atoms with Crippen molar-refractivity contribution in [2.24, 2.45) is 0 Å². The van der Waals surface area contributed by atoms with Crippen LogP contribution in [-0.4, -0.2) is 55.5 Å². The Morgan fingerprint density at radius 1 is 0.586 bits per heavy atom. The van der Waals surface area contributed by atoms with Crippen LogP contribution in [0, 0.1) is 0 Å². The van der Waals surface area contributed by atoms with Crippen molar-refractivity contribution in [1.82, 2.24) is 4.90 Å². The number of ketones is 1. The lowest BCUT2D eigenvalue weighted by Crippen LogP contribution is -2.39. The van der Waals surface area contributed by atoms with E-state index in [4.69, 9.17) is 9.47 Å². The first-order valence-electron chi connectivity index (χ1n) is 11.5. The van der Waals surface area contributed by atoms with E-state index in [1.165, 1.54) is 50.3 Å². The first-order chi connectivity index (χ1) is 14.0. The summed E-state index contributed by atoms with van der Waals surface area (Å²) in [5.74, 6) is -0.899. The Morgan fingerprint density at radius 3 is 1.34 bits per heavy atom. The highest BCUT2D eigenvalue weighted by molar-refractivity contribution is 5.80. The Hall–Kier alpha value is -1.43. The minimum atomic E-state index is -0.400. The Bertz CT molecular complexity index is 407. The van der Waals surface area contributed by atoms with Crippen molar-refractivity contribution in [1.29, 1.82) is 0 Å². The summed E-state index contributed by atoms with van der Waals surface area (Å²) in [6.45, 7) is 6.48. The Balaban J connectivity index is 4.00. The highest BCUT2D eigenvalue weighted by Gasteiger charge is 2.18. The van der Waals surface area contributed by atoms with Gasteiger partial charge in [-0.25, -0.2) is 0 Å². The van der Waals surface area contributed by atoms with Gasteiger partial charge in [0.25, 0.3) is 0 Å². The van der Waals surface area contributed by atoms with Crippen LogP contribution >= 0.6 is 0 Å². The van der Waals surface area contributed by atoms with Crippen molar-refractivity contribution in [2.45, 2.75) is 97.8 Å². The summed E-state index contributed by atoms with van der Waals surface area (Å²) in [6.07, 6.45) is 13.5. The smallest absolute Gasteiger partial charge is 0.320 e. The SMILES string of the molecule is CCCCCCCCOC(=O)CN(CC(C)=O)CC(=O)OCCCCCCCC. The van der Waals surface area contributed by atoms with Crippen molar-refractivity contribution in [3.63, 3.8) is 0 Å². The number of hydrogen-bond acceptors (Lipinski definition) is 6. The van der Waals surface area contributed by atoms with E-state index in [9.17, 15) is 14.4 Å². The summed E-state index contributed by atoms with van der Waals surface area (Å²) >= 11 is 0. The third-order valence-electron chi connectivity index (χ3n) is 4.67. The molecule has 0 atom stereocenters. The summed E-state index contributed by atoms with van der Waals surface area (Å²) in [4.78, 5) is 37.0. The lowest BCUT2D eigenvalue weighted by atomic mass is 10.1. The van der Waals surface area contributed by atoms with Crippen molar-refractivity contribution < 1.29 is 23.9 Å². The fourth-order valence-corrected chi connectivity index (χ4v) is 3.08. The predicted octanol–water partition coefficient (Wildman–Crippen LogP) is 4.68. The van der Waals surface area contributed by atoms with Crippen LogP contribution in [0.25, 0.3) is 0 Å². The van der Waals surface area contributed by atoms with Gasteiger partial charge in [-0.05, 0) is 19.8 Å². The molecule has 0 aliphatic carbocycles. The van der Waals surface area contributed by atoms with E-state index < -0.39 is 11.9 Å². The van der Waals surface area contributed by atoms with Gasteiger partial charge in [0.1, 0.15) is 5.78 Å². The van der Waals surface area contributed by atoms with Crippen LogP contribution in [0.1, 0.15) is 97.8 Å². The molecule has 0 saturated heterocycles. The second-order valence-electron chi connectivity index (χ2n) is 7.82. The van der Waals surface area contributed by atoms with Crippen LogP contribution in [0.2, 0.25) is 0 Å². The van der Waals surface area contributed by atoms with Gasteiger partial charge >= 0.3 is 11.9 Å². The van der Waals surface area contributed by atoms with Crippen molar-refractivity contribution >= 4 is 17.7 Å². The normalized spacial score (nSPS) is 10.9. The molecule has 0 bridgehead atoms. The van der Waals surface area contributed by atoms with E-state index in [-0.39, 0.29) is 25.4 Å². The van der Waals surface area contributed by atoms with Crippen LogP contribution < -0.4 is 0 Å². The molecule has 0 heterocycles. The minimum absolute atomic E-state index is 0.0399. The molecule has 0 unspecified atom stereocenters. The third kappa shape index (κ3) is 19.7. The van der Waals surface area contributed by atoms with E-state index in [1.807, 2.05) is 0 Å². The first kappa shape index (κ1) is 27.6. The van der Waals surface area contributed by atoms with Gasteiger partial charge in [-0.3, -0.25) is 19.3 Å². The molecule has 0 aliphatic heterocycles. The van der Waals surface area contributed by atoms with Crippen molar-refractivity contribution in [3.8, 4) is 0 Å². The number of unbranched alkanes of at least 4 members (excludes halogenated alkanes) is 10. The largest absolute Gasteiger partial charge is 0.465 e. The van der Waals surface area contributed by atoms with Crippen LogP contribution in [0.3, 0.4) is 0 Å². The standard InChI is InChI=1S/C23H43NO5/c1-4-6-8-10-12-14-16-28-22(26)19-24(18-21(3)25)20-23(27)29-17-15-13-11-9-7-5-2/h4-20H2,1-3H3. The summed E-state index contributed by atoms with van der Waals surface area (Å²) in [5, 5.41) is 0. The molecule has 0 aromatic carbocycles. The highest BCUT2D eigenvalue weighted by Crippen LogP contribution is 2.06. The Kier molecular flexibility index (Phi) is 18.9. The van der Waals surface area contributed by atoms with Crippen LogP contribution in [-0.2, 0) is 23.9 Å². The second kappa shape index (κ2) is 19.9. The molecule has 0 amide bonds. The van der Waals surface area contributed by atoms with Gasteiger partial charge in [-0.2, -0.15) is 0 Å². The zero-order chi connectivity index (χ0) is 21.7. The molecule has 0 aromatic rings. The van der Waals surface area contributed by atoms with E-state index >= 15 is 0 Å². The second-order valence-corrected chi connectivity index (χ2v) is 7.82. The zero-order valence-electron chi connectivity index (χ0n) is 19.0. The average Bonchev–Trinajstić information content (AvgIpc) is 2.66. The number of rotatable bonds is 20. The first-order valence-corrected chi connectivity index (χ1v) is 11.5. The maximum Gasteiger partial charge on any atom is 0.320 e. The molecule has 6 heteroatoms. The summed E-state index contributed by atoms with van der Waals surface area (Å²) < 4.78 is 10.5. The van der Waals surface area contributed by atoms with Crippen molar-refractivity contribution in [3.05, 3.63) is 0 Å². The number of nitrogens with zero attached hydrogens (tertiary/aromatic N) is 1. The number of carbonyl (C=O) groups is 3. The molecule has 0 spiro atoms. The molecule has 29 heavy (non-hydrogen) atoms. The topological polar surface area (TPSA) is 72.9 Å². The summed E-state index contributed by atoms with van der Waals surface area (Å²) in [6, 6.07) is 0. The summed E-state index contributed by atoms with van der Waals surface area (Å²) in [7, 11) is 0. The Morgan fingerprint density at radius 2 is 0.966 bits per heavy atom. The molecular weight excluding hydrogens is 370 g/mol. The fraction of sp³-hybridized carbons (Fsp3) is 0.870. The minimum Gasteiger partial charge on any atom is -0.465 e. The van der Waals surface area contributed by atoms with E-state index in [1.54, 1.807) is 0 Å². The van der Waals surface area contributed by atoms with Crippen LogP contribution in [0.5, 0.6) is 0 Å². The monoisotopic (exact) mass is 413 g/mol. The number of ether oxygens (including phenoxy) is 2. The van der Waals surface area contributed by atoms with E-state index in [0.29, 0.717) is 13.2 Å². The van der Waals surface area contributed by atoms with Gasteiger partial charge in [0.15, 0.2) is 0 Å². The third-order valence-corrected chi connectivity index (χ3v) is 4.67. The molecule has 0 radical (unpaired) electrons. The molecular formula is C23H43NO5. The van der Waals surface area contributed by atoms with Gasteiger partial charge in [0.05, 0.1) is 32.8 Å². The number of hydrogen-bond donors (Lipinski definition) is 0. The maximum atomic E-state index is 12.0. The van der Waals surface area contributed by atoms with Gasteiger partial charge in [0, 0.05) is 0 Å². The lowest BCUT2D eigenvalue weighted by Gasteiger charge is -2.19. The van der Waals surface area contributed by atoms with Gasteiger partial charge in [0.2, 0.25) is 0 Å². The number of esters is 2. The van der Waals surface area contributed by atoms with Gasteiger partial charge in [-0.1, -0.05) is 78.1 Å². The fourth-order valence-electron chi connectivity index (χ4n) is 3.08. The molecule has 0 aromatic heterocycles. The van der Waals surface area contributed by atoms with Gasteiger partial charge < -0.3 is 9.47 Å². The maximum absolute atomic E-state index is 12.0. The predicted molar refractivity (Wildman–Crippen MR) is 116 cm³/mol. The van der Waals surface area contributed by atoms with Crippen molar-refractivity contribution in [2.75, 3.05) is 32.8 Å². The van der Waals surface area contributed by atoms with Gasteiger partial charge in [-0.15, -0.1) is 0 Å². The lowest BCUT2D eigenvalue weighted by molar-refractivity contribution is -0.149. The Labute approximate surface area is 177 Å². The zero-order valence-corrected chi connectivity index (χ0v) is 19.0. The number of carbonyl (C=O) groups excluding carboxylic acids is 3. The van der Waals surface area contributed by atoms with E-state index in [0.717, 1.165) is 38.5 Å².